The Bertz CT molecular complexity index is 364. The van der Waals surface area contributed by atoms with Crippen molar-refractivity contribution in [2.75, 3.05) is 12.4 Å². The van der Waals surface area contributed by atoms with Gasteiger partial charge >= 0.3 is 0 Å². The minimum absolute atomic E-state index is 0.504. The van der Waals surface area contributed by atoms with E-state index in [0.717, 1.165) is 31.3 Å². The second-order valence-corrected chi connectivity index (χ2v) is 5.84. The molecular weight excluding hydrogens is 248 g/mol. The van der Waals surface area contributed by atoms with Crippen molar-refractivity contribution in [3.63, 3.8) is 0 Å². The second kappa shape index (κ2) is 6.53. The number of rotatable bonds is 5. The van der Waals surface area contributed by atoms with E-state index in [9.17, 15) is 0 Å². The van der Waals surface area contributed by atoms with E-state index in [1.54, 1.807) is 6.33 Å². The zero-order chi connectivity index (χ0) is 13.0. The van der Waals surface area contributed by atoms with Gasteiger partial charge in [0, 0.05) is 18.5 Å². The van der Waals surface area contributed by atoms with Gasteiger partial charge in [-0.25, -0.2) is 9.67 Å². The lowest BCUT2D eigenvalue weighted by Gasteiger charge is -2.34. The molecule has 1 fully saturated rings. The summed E-state index contributed by atoms with van der Waals surface area (Å²) in [7, 11) is 0. The lowest BCUT2D eigenvalue weighted by Crippen LogP contribution is -2.40. The molecule has 0 radical (unpaired) electrons. The predicted molar refractivity (Wildman–Crippen MR) is 73.6 cm³/mol. The first kappa shape index (κ1) is 13.8. The van der Waals surface area contributed by atoms with E-state index in [4.69, 9.17) is 11.6 Å². The monoisotopic (exact) mass is 270 g/mol. The third-order valence-corrected chi connectivity index (χ3v) is 3.86. The summed E-state index contributed by atoms with van der Waals surface area (Å²) in [5.74, 6) is 2.38. The van der Waals surface area contributed by atoms with Crippen molar-refractivity contribution in [2.24, 2.45) is 5.92 Å². The molecule has 0 spiro atoms. The van der Waals surface area contributed by atoms with E-state index in [2.05, 4.69) is 28.8 Å². The molecule has 1 unspecified atom stereocenters. The molecule has 1 aromatic rings. The quantitative estimate of drug-likeness (QED) is 0.771. The fraction of sp³-hybridized carbons (Fsp3) is 0.846. The Morgan fingerprint density at radius 3 is 3.00 bits per heavy atom. The summed E-state index contributed by atoms with van der Waals surface area (Å²) in [5.41, 5.74) is 0. The Morgan fingerprint density at radius 1 is 1.44 bits per heavy atom. The van der Waals surface area contributed by atoms with Crippen LogP contribution in [-0.2, 0) is 13.1 Å². The van der Waals surface area contributed by atoms with E-state index in [1.165, 1.54) is 19.3 Å². The molecule has 2 rings (SSSR count). The lowest BCUT2D eigenvalue weighted by molar-refractivity contribution is 0.148. The Kier molecular flexibility index (Phi) is 5.01. The molecule has 1 saturated heterocycles. The van der Waals surface area contributed by atoms with Crippen LogP contribution in [0, 0.1) is 5.92 Å². The van der Waals surface area contributed by atoms with Gasteiger partial charge in [-0.2, -0.15) is 5.10 Å². The fourth-order valence-corrected chi connectivity index (χ4v) is 2.88. The summed E-state index contributed by atoms with van der Waals surface area (Å²) >= 11 is 6.05. The van der Waals surface area contributed by atoms with Gasteiger partial charge in [-0.05, 0) is 25.3 Å². The highest BCUT2D eigenvalue weighted by Crippen LogP contribution is 2.20. The van der Waals surface area contributed by atoms with Crippen LogP contribution in [0.5, 0.6) is 0 Å². The van der Waals surface area contributed by atoms with Gasteiger partial charge in [0.2, 0.25) is 0 Å². The summed E-state index contributed by atoms with van der Waals surface area (Å²) in [6.45, 7) is 7.35. The smallest absolute Gasteiger partial charge is 0.141 e. The van der Waals surface area contributed by atoms with Crippen molar-refractivity contribution in [3.05, 3.63) is 12.2 Å². The standard InChI is InChI=1S/C13H23ClN4/c1-11(2)8-18-13(15-10-16-18)9-17-6-4-3-5-12(17)7-14/h10-12H,3-9H2,1-2H3. The average molecular weight is 271 g/mol. The van der Waals surface area contributed by atoms with Crippen LogP contribution in [0.15, 0.2) is 6.33 Å². The zero-order valence-electron chi connectivity index (χ0n) is 11.3. The third kappa shape index (κ3) is 3.45. The van der Waals surface area contributed by atoms with Crippen LogP contribution in [0.2, 0.25) is 0 Å². The highest BCUT2D eigenvalue weighted by atomic mass is 35.5. The molecule has 5 heteroatoms. The second-order valence-electron chi connectivity index (χ2n) is 5.53. The number of nitrogens with zero attached hydrogens (tertiary/aromatic N) is 4. The van der Waals surface area contributed by atoms with Crippen LogP contribution in [0.1, 0.15) is 38.9 Å². The van der Waals surface area contributed by atoms with Crippen LogP contribution in [0.4, 0.5) is 0 Å². The van der Waals surface area contributed by atoms with Crippen LogP contribution in [0.3, 0.4) is 0 Å². The molecule has 102 valence electrons. The summed E-state index contributed by atoms with van der Waals surface area (Å²) < 4.78 is 2.03. The van der Waals surface area contributed by atoms with E-state index in [-0.39, 0.29) is 0 Å². The Morgan fingerprint density at radius 2 is 2.28 bits per heavy atom. The van der Waals surface area contributed by atoms with Gasteiger partial charge in [-0.1, -0.05) is 20.3 Å². The third-order valence-electron chi connectivity index (χ3n) is 3.51. The Hall–Kier alpha value is -0.610. The molecule has 18 heavy (non-hydrogen) atoms. The van der Waals surface area contributed by atoms with Crippen LogP contribution in [-0.4, -0.2) is 38.1 Å². The van der Waals surface area contributed by atoms with Crippen molar-refractivity contribution in [1.82, 2.24) is 19.7 Å². The van der Waals surface area contributed by atoms with Gasteiger partial charge in [0.1, 0.15) is 12.2 Å². The van der Waals surface area contributed by atoms with Gasteiger partial charge in [0.05, 0.1) is 6.54 Å². The molecular formula is C13H23ClN4. The van der Waals surface area contributed by atoms with E-state index in [0.29, 0.717) is 12.0 Å². The maximum atomic E-state index is 6.05. The molecule has 0 aliphatic carbocycles. The number of hydrogen-bond acceptors (Lipinski definition) is 3. The average Bonchev–Trinajstić information content (AvgIpc) is 2.76. The molecule has 1 aliphatic rings. The van der Waals surface area contributed by atoms with Gasteiger partial charge in [0.25, 0.3) is 0 Å². The SMILES string of the molecule is CC(C)Cn1ncnc1CN1CCCCC1CCl. The first-order valence-corrected chi connectivity index (χ1v) is 7.41. The topological polar surface area (TPSA) is 34.0 Å². The van der Waals surface area contributed by atoms with Crippen LogP contribution >= 0.6 is 11.6 Å². The first-order valence-electron chi connectivity index (χ1n) is 6.87. The minimum Gasteiger partial charge on any atom is -0.292 e. The highest BCUT2D eigenvalue weighted by Gasteiger charge is 2.23. The van der Waals surface area contributed by atoms with Crippen molar-refractivity contribution >= 4 is 11.6 Å². The molecule has 1 aliphatic heterocycles. The molecule has 0 amide bonds. The van der Waals surface area contributed by atoms with Crippen molar-refractivity contribution in [2.45, 2.75) is 52.2 Å². The number of likely N-dealkylation sites (tertiary alicyclic amines) is 1. The van der Waals surface area contributed by atoms with E-state index in [1.807, 2.05) is 4.68 Å². The summed E-state index contributed by atoms with van der Waals surface area (Å²) in [5, 5.41) is 4.32. The van der Waals surface area contributed by atoms with E-state index < -0.39 is 0 Å². The maximum Gasteiger partial charge on any atom is 0.141 e. The van der Waals surface area contributed by atoms with Crippen LogP contribution in [0.25, 0.3) is 0 Å². The molecule has 0 N–H and O–H groups in total. The number of hydrogen-bond donors (Lipinski definition) is 0. The molecule has 1 aromatic heterocycles. The molecule has 4 nitrogen and oxygen atoms in total. The van der Waals surface area contributed by atoms with Crippen LogP contribution < -0.4 is 0 Å². The van der Waals surface area contributed by atoms with Crippen molar-refractivity contribution < 1.29 is 0 Å². The molecule has 0 aromatic carbocycles. The summed E-state index contributed by atoms with van der Waals surface area (Å²) in [6.07, 6.45) is 5.44. The molecule has 1 atom stereocenters. The van der Waals surface area contributed by atoms with Gasteiger partial charge in [-0.15, -0.1) is 11.6 Å². The van der Waals surface area contributed by atoms with Gasteiger partial charge in [-0.3, -0.25) is 4.90 Å². The molecule has 0 saturated carbocycles. The fourth-order valence-electron chi connectivity index (χ4n) is 2.53. The van der Waals surface area contributed by atoms with Crippen molar-refractivity contribution in [1.29, 1.82) is 0 Å². The number of piperidine rings is 1. The first-order chi connectivity index (χ1) is 8.70. The number of alkyl halides is 1. The normalized spacial score (nSPS) is 21.7. The van der Waals surface area contributed by atoms with Gasteiger partial charge in [0.15, 0.2) is 0 Å². The minimum atomic E-state index is 0.504. The lowest BCUT2D eigenvalue weighted by atomic mass is 10.0. The zero-order valence-corrected chi connectivity index (χ0v) is 12.1. The highest BCUT2D eigenvalue weighted by molar-refractivity contribution is 6.18. The number of aromatic nitrogens is 3. The summed E-state index contributed by atoms with van der Waals surface area (Å²) in [6, 6.07) is 0.504. The van der Waals surface area contributed by atoms with E-state index >= 15 is 0 Å². The van der Waals surface area contributed by atoms with Crippen molar-refractivity contribution in [3.8, 4) is 0 Å². The largest absolute Gasteiger partial charge is 0.292 e. The Labute approximate surface area is 114 Å². The Balaban J connectivity index is 2.01. The van der Waals surface area contributed by atoms with Gasteiger partial charge < -0.3 is 0 Å². The maximum absolute atomic E-state index is 6.05. The predicted octanol–water partition coefficient (Wildman–Crippen LogP) is 2.53. The molecule has 2 heterocycles. The molecule has 0 bridgehead atoms. The summed E-state index contributed by atoms with van der Waals surface area (Å²) in [4.78, 5) is 6.85. The number of halogens is 1.